The summed E-state index contributed by atoms with van der Waals surface area (Å²) in [6.07, 6.45) is -0.481. The predicted molar refractivity (Wildman–Crippen MR) is 118 cm³/mol. The monoisotopic (exact) mass is 440 g/mol. The molecule has 0 aliphatic rings. The van der Waals surface area contributed by atoms with Crippen LogP contribution in [0.15, 0.2) is 12.1 Å². The Morgan fingerprint density at radius 1 is 1.13 bits per heavy atom. The number of aromatic carboxylic acids is 1. The summed E-state index contributed by atoms with van der Waals surface area (Å²) >= 11 is 0. The van der Waals surface area contributed by atoms with Crippen molar-refractivity contribution >= 4 is 20.4 Å². The molecule has 1 N–H and O–H groups in total. The van der Waals surface area contributed by atoms with Crippen molar-refractivity contribution in [2.24, 2.45) is 0 Å². The lowest BCUT2D eigenvalue weighted by molar-refractivity contribution is 0.0203. The van der Waals surface area contributed by atoms with Gasteiger partial charge >= 0.3 is 12.1 Å². The summed E-state index contributed by atoms with van der Waals surface area (Å²) in [6.45, 7) is 17.1. The summed E-state index contributed by atoms with van der Waals surface area (Å²) < 4.78 is 17.0. The van der Waals surface area contributed by atoms with Crippen molar-refractivity contribution in [3.8, 4) is 5.88 Å². The van der Waals surface area contributed by atoms with E-state index in [0.29, 0.717) is 18.7 Å². The molecule has 1 rings (SSSR count). The van der Waals surface area contributed by atoms with Gasteiger partial charge in [-0.1, -0.05) is 20.8 Å². The van der Waals surface area contributed by atoms with Crippen molar-refractivity contribution in [1.29, 1.82) is 0 Å². The lowest BCUT2D eigenvalue weighted by atomic mass is 10.2. The number of hydrogen-bond donors (Lipinski definition) is 1. The molecule has 0 saturated carbocycles. The first-order valence-corrected chi connectivity index (χ1v) is 12.9. The maximum absolute atomic E-state index is 12.8. The number of carbonyl (C=O) groups is 2. The van der Waals surface area contributed by atoms with Gasteiger partial charge in [0.05, 0.1) is 20.3 Å². The third kappa shape index (κ3) is 7.60. The van der Waals surface area contributed by atoms with E-state index in [1.807, 2.05) is 0 Å². The maximum atomic E-state index is 12.8. The van der Waals surface area contributed by atoms with Crippen LogP contribution >= 0.6 is 0 Å². The van der Waals surface area contributed by atoms with Crippen molar-refractivity contribution in [2.45, 2.75) is 71.8 Å². The molecule has 1 aromatic heterocycles. The minimum Gasteiger partial charge on any atom is -0.481 e. The molecule has 30 heavy (non-hydrogen) atoms. The van der Waals surface area contributed by atoms with Crippen molar-refractivity contribution in [3.05, 3.63) is 23.4 Å². The normalized spacial score (nSPS) is 12.4. The first-order valence-electron chi connectivity index (χ1n) is 9.96. The Kier molecular flexibility index (Phi) is 8.45. The van der Waals surface area contributed by atoms with Crippen LogP contribution < -0.4 is 4.74 Å². The highest BCUT2D eigenvalue weighted by Gasteiger charge is 2.37. The molecular weight excluding hydrogens is 404 g/mol. The molecule has 1 heterocycles. The number of hydrogen-bond acceptors (Lipinski definition) is 6. The predicted octanol–water partition coefficient (Wildman–Crippen LogP) is 4.55. The Labute approximate surface area is 180 Å². The van der Waals surface area contributed by atoms with E-state index in [0.717, 1.165) is 0 Å². The van der Waals surface area contributed by atoms with Gasteiger partial charge in [0.1, 0.15) is 5.60 Å². The van der Waals surface area contributed by atoms with Crippen LogP contribution in [0.1, 0.15) is 57.6 Å². The van der Waals surface area contributed by atoms with Gasteiger partial charge in [0.2, 0.25) is 5.88 Å². The van der Waals surface area contributed by atoms with Gasteiger partial charge in [0.25, 0.3) is 0 Å². The second-order valence-corrected chi connectivity index (χ2v) is 14.5. The summed E-state index contributed by atoms with van der Waals surface area (Å²) in [6, 6.07) is 2.99. The van der Waals surface area contributed by atoms with Gasteiger partial charge in [-0.15, -0.1) is 0 Å². The molecule has 170 valence electrons. The zero-order valence-electron chi connectivity index (χ0n) is 19.7. The first-order chi connectivity index (χ1) is 13.6. The summed E-state index contributed by atoms with van der Waals surface area (Å²) in [7, 11) is -0.552. The lowest BCUT2D eigenvalue weighted by Gasteiger charge is -2.37. The van der Waals surface area contributed by atoms with Crippen LogP contribution in [0.25, 0.3) is 0 Å². The van der Waals surface area contributed by atoms with Gasteiger partial charge in [0, 0.05) is 12.1 Å². The Balaban J connectivity index is 3.05. The number of methoxy groups -OCH3 is 1. The molecule has 0 aliphatic heterocycles. The number of carbonyl (C=O) groups excluding carboxylic acids is 1. The number of pyridine rings is 1. The minimum absolute atomic E-state index is 0.0591. The van der Waals surface area contributed by atoms with Crippen molar-refractivity contribution in [1.82, 2.24) is 9.88 Å². The fourth-order valence-electron chi connectivity index (χ4n) is 2.28. The second kappa shape index (κ2) is 9.78. The van der Waals surface area contributed by atoms with Crippen LogP contribution in [0.2, 0.25) is 18.1 Å². The van der Waals surface area contributed by atoms with Crippen LogP contribution in [-0.2, 0) is 15.7 Å². The molecule has 0 aromatic carbocycles. The first kappa shape index (κ1) is 25.9. The molecule has 9 heteroatoms. The van der Waals surface area contributed by atoms with Gasteiger partial charge in [-0.05, 0) is 51.0 Å². The number of carboxylic acids is 1. The fourth-order valence-corrected chi connectivity index (χ4v) is 3.31. The molecule has 0 radical (unpaired) electrons. The fraction of sp³-hybridized carbons (Fsp3) is 0.667. The van der Waals surface area contributed by atoms with Crippen LogP contribution in [0, 0.1) is 0 Å². The van der Waals surface area contributed by atoms with Gasteiger partial charge in [-0.2, -0.15) is 0 Å². The molecule has 0 unspecified atom stereocenters. The highest BCUT2D eigenvalue weighted by molar-refractivity contribution is 6.74. The SMILES string of the molecule is COc1nc(C(=O)O)ccc1CN(CCO[Si](C)(C)C(C)(C)C)C(=O)OC(C)(C)C. The number of amides is 1. The van der Waals surface area contributed by atoms with Crippen molar-refractivity contribution in [2.75, 3.05) is 20.3 Å². The zero-order valence-corrected chi connectivity index (χ0v) is 20.7. The number of carboxylic acid groups (broad SMARTS) is 1. The largest absolute Gasteiger partial charge is 0.481 e. The van der Waals surface area contributed by atoms with E-state index in [1.165, 1.54) is 18.1 Å². The standard InChI is InChI=1S/C21H36N2O6Si/c1-20(2,3)29-19(26)23(12-13-28-30(8,9)21(4,5)6)14-15-10-11-16(18(24)25)22-17(15)27-7/h10-11H,12-14H2,1-9H3,(H,24,25). The molecule has 0 bridgehead atoms. The van der Waals surface area contributed by atoms with Crippen LogP contribution in [0.3, 0.4) is 0 Å². The average Bonchev–Trinajstić information content (AvgIpc) is 2.58. The van der Waals surface area contributed by atoms with E-state index >= 15 is 0 Å². The molecular formula is C21H36N2O6Si. The summed E-state index contributed by atoms with van der Waals surface area (Å²) in [5.41, 5.74) is -0.188. The van der Waals surface area contributed by atoms with E-state index in [9.17, 15) is 9.59 Å². The summed E-state index contributed by atoms with van der Waals surface area (Å²) in [5.74, 6) is -0.986. The number of aromatic nitrogens is 1. The van der Waals surface area contributed by atoms with E-state index < -0.39 is 26.0 Å². The smallest absolute Gasteiger partial charge is 0.410 e. The van der Waals surface area contributed by atoms with Crippen LogP contribution in [-0.4, -0.2) is 61.2 Å². The molecule has 8 nitrogen and oxygen atoms in total. The van der Waals surface area contributed by atoms with Crippen LogP contribution in [0.4, 0.5) is 4.79 Å². The lowest BCUT2D eigenvalue weighted by Crippen LogP contribution is -2.44. The molecule has 0 spiro atoms. The quantitative estimate of drug-likeness (QED) is 0.592. The van der Waals surface area contributed by atoms with Crippen molar-refractivity contribution < 1.29 is 28.6 Å². The third-order valence-corrected chi connectivity index (χ3v) is 9.53. The minimum atomic E-state index is -1.96. The van der Waals surface area contributed by atoms with E-state index in [2.05, 4.69) is 38.8 Å². The van der Waals surface area contributed by atoms with E-state index in [4.69, 9.17) is 19.0 Å². The molecule has 0 aliphatic carbocycles. The topological polar surface area (TPSA) is 98.2 Å². The highest BCUT2D eigenvalue weighted by Crippen LogP contribution is 2.36. The van der Waals surface area contributed by atoms with E-state index in [1.54, 1.807) is 26.8 Å². The maximum Gasteiger partial charge on any atom is 0.410 e. The molecule has 1 aromatic rings. The van der Waals surface area contributed by atoms with Crippen molar-refractivity contribution in [3.63, 3.8) is 0 Å². The average molecular weight is 441 g/mol. The number of rotatable bonds is 8. The van der Waals surface area contributed by atoms with Gasteiger partial charge < -0.3 is 23.9 Å². The molecule has 1 amide bonds. The third-order valence-electron chi connectivity index (χ3n) is 4.99. The van der Waals surface area contributed by atoms with Gasteiger partial charge in [-0.25, -0.2) is 14.6 Å². The number of ether oxygens (including phenoxy) is 2. The Morgan fingerprint density at radius 3 is 2.20 bits per heavy atom. The van der Waals surface area contributed by atoms with Crippen LogP contribution in [0.5, 0.6) is 5.88 Å². The Bertz CT molecular complexity index is 753. The molecule has 0 atom stereocenters. The summed E-state index contributed by atoms with van der Waals surface area (Å²) in [5, 5.41) is 9.20. The van der Waals surface area contributed by atoms with E-state index in [-0.39, 0.29) is 23.2 Å². The summed E-state index contributed by atoms with van der Waals surface area (Å²) in [4.78, 5) is 29.5. The second-order valence-electron chi connectivity index (χ2n) is 9.68. The molecule has 0 saturated heterocycles. The van der Waals surface area contributed by atoms with Gasteiger partial charge in [0.15, 0.2) is 14.0 Å². The highest BCUT2D eigenvalue weighted by atomic mass is 28.4. The Morgan fingerprint density at radius 2 is 1.73 bits per heavy atom. The van der Waals surface area contributed by atoms with Gasteiger partial charge in [-0.3, -0.25) is 0 Å². The molecule has 0 fully saturated rings. The Hall–Kier alpha value is -2.13. The number of nitrogens with zero attached hydrogens (tertiary/aromatic N) is 2. The zero-order chi connectivity index (χ0) is 23.3.